The molecule has 3 heterocycles. The molecule has 0 amide bonds. The van der Waals surface area contributed by atoms with Crippen molar-refractivity contribution in [2.45, 2.75) is 45.0 Å². The molecule has 7 heteroatoms. The van der Waals surface area contributed by atoms with E-state index in [1.165, 1.54) is 10.8 Å². The zero-order chi connectivity index (χ0) is 22.6. The highest BCUT2D eigenvalue weighted by Crippen LogP contribution is 2.41. The molecule has 0 radical (unpaired) electrons. The molecule has 0 N–H and O–H groups in total. The maximum absolute atomic E-state index is 12.9. The predicted octanol–water partition coefficient (Wildman–Crippen LogP) is 6.18. The van der Waals surface area contributed by atoms with Gasteiger partial charge in [0.05, 0.1) is 22.9 Å². The van der Waals surface area contributed by atoms with Crippen LogP contribution in [-0.4, -0.2) is 28.1 Å². The topological polar surface area (TPSA) is 66.8 Å². The average molecular weight is 496 g/mol. The zero-order valence-electron chi connectivity index (χ0n) is 17.9. The van der Waals surface area contributed by atoms with E-state index in [4.69, 9.17) is 14.2 Å². The lowest BCUT2D eigenvalue weighted by Gasteiger charge is -2.33. The van der Waals surface area contributed by atoms with E-state index >= 15 is 0 Å². The smallest absolute Gasteiger partial charge is 0.419 e. The molecule has 2 atom stereocenters. The number of carbonyl (C=O) groups excluding carboxylic acids is 2. The Balaban J connectivity index is 1.53. The van der Waals surface area contributed by atoms with Crippen molar-refractivity contribution in [3.8, 4) is 5.75 Å². The lowest BCUT2D eigenvalue weighted by Crippen LogP contribution is -2.34. The molecule has 2 aromatic carbocycles. The van der Waals surface area contributed by atoms with Crippen molar-refractivity contribution < 1.29 is 23.8 Å². The number of benzene rings is 2. The van der Waals surface area contributed by atoms with Crippen molar-refractivity contribution >= 4 is 38.7 Å². The highest BCUT2D eigenvalue weighted by atomic mass is 79.9. The molecule has 6 nitrogen and oxygen atoms in total. The number of ether oxygens (including phenoxy) is 3. The van der Waals surface area contributed by atoms with Gasteiger partial charge in [0.1, 0.15) is 23.6 Å². The van der Waals surface area contributed by atoms with Gasteiger partial charge in [-0.3, -0.25) is 9.36 Å². The Morgan fingerprint density at radius 2 is 1.94 bits per heavy atom. The molecule has 5 rings (SSSR count). The van der Waals surface area contributed by atoms with E-state index in [0.29, 0.717) is 23.3 Å². The Hall–Kier alpha value is -3.06. The summed E-state index contributed by atoms with van der Waals surface area (Å²) >= 11 is 3.52. The van der Waals surface area contributed by atoms with Crippen LogP contribution in [0.25, 0.3) is 10.9 Å². The average Bonchev–Trinajstić information content (AvgIpc) is 3.11. The fraction of sp³-hybridized carbons (Fsp3) is 0.280. The summed E-state index contributed by atoms with van der Waals surface area (Å²) in [7, 11) is 0. The van der Waals surface area contributed by atoms with E-state index in [1.54, 1.807) is 18.3 Å². The second-order valence-corrected chi connectivity index (χ2v) is 9.88. The Labute approximate surface area is 193 Å². The summed E-state index contributed by atoms with van der Waals surface area (Å²) in [5.74, 6) is 0.508. The monoisotopic (exact) mass is 495 g/mol. The number of ketones is 1. The number of aromatic nitrogens is 1. The number of carbonyl (C=O) groups is 2. The minimum Gasteiger partial charge on any atom is -0.493 e. The van der Waals surface area contributed by atoms with Gasteiger partial charge in [0.15, 0.2) is 5.78 Å². The van der Waals surface area contributed by atoms with Crippen LogP contribution in [0.5, 0.6) is 5.75 Å². The van der Waals surface area contributed by atoms with Gasteiger partial charge in [-0.2, -0.15) is 0 Å². The number of hydrogen-bond donors (Lipinski definition) is 0. The summed E-state index contributed by atoms with van der Waals surface area (Å²) in [6, 6.07) is 12.9. The molecule has 164 valence electrons. The third-order valence-corrected chi connectivity index (χ3v) is 6.03. The van der Waals surface area contributed by atoms with Crippen molar-refractivity contribution in [3.63, 3.8) is 0 Å². The van der Waals surface area contributed by atoms with Gasteiger partial charge >= 0.3 is 6.09 Å². The van der Waals surface area contributed by atoms with Crippen LogP contribution in [-0.2, 0) is 9.47 Å². The fourth-order valence-electron chi connectivity index (χ4n) is 4.13. The van der Waals surface area contributed by atoms with Crippen LogP contribution in [0.1, 0.15) is 49.2 Å². The number of Topliss-reactive ketones (excluding diaryl/α,β-unsaturated/α-hetero) is 1. The lowest BCUT2D eigenvalue weighted by molar-refractivity contribution is 0.0531. The van der Waals surface area contributed by atoms with E-state index in [-0.39, 0.29) is 11.9 Å². The standard InChI is InChI=1S/C25H22BrNO5/c1-25(2,3)32-24(29)27-12-17(16-10-14(26)8-9-19(16)27)21-11-22-18(13-30-21)23(28)15-6-4-5-7-20(15)31-22/h4-10,12-13,21-22H,11H2,1-3H3/t21-,22-/m1/s1. The van der Waals surface area contributed by atoms with Crippen molar-refractivity contribution in [1.29, 1.82) is 0 Å². The molecule has 0 saturated heterocycles. The van der Waals surface area contributed by atoms with Gasteiger partial charge < -0.3 is 14.2 Å². The second-order valence-electron chi connectivity index (χ2n) is 8.96. The van der Waals surface area contributed by atoms with Gasteiger partial charge in [-0.15, -0.1) is 0 Å². The molecule has 0 aliphatic carbocycles. The SMILES string of the molecule is CC(C)(C)OC(=O)n1cc([C@H]2C[C@H]3Oc4ccccc4C(=O)C3=CO2)c2cc(Br)ccc21. The summed E-state index contributed by atoms with van der Waals surface area (Å²) in [5, 5.41) is 0.870. The normalized spacial score (nSPS) is 20.0. The molecule has 0 spiro atoms. The van der Waals surface area contributed by atoms with Crippen molar-refractivity contribution in [2.24, 2.45) is 0 Å². The van der Waals surface area contributed by atoms with Crippen molar-refractivity contribution in [3.05, 3.63) is 76.1 Å². The Morgan fingerprint density at radius 3 is 2.72 bits per heavy atom. The first-order valence-corrected chi connectivity index (χ1v) is 11.2. The highest BCUT2D eigenvalue weighted by Gasteiger charge is 2.38. The number of hydrogen-bond acceptors (Lipinski definition) is 5. The maximum Gasteiger partial charge on any atom is 0.419 e. The number of para-hydroxylation sites is 1. The number of fused-ring (bicyclic) bond motifs is 3. The molecule has 1 aromatic heterocycles. The van der Waals surface area contributed by atoms with Gasteiger partial charge in [0, 0.05) is 28.0 Å². The van der Waals surface area contributed by atoms with Gasteiger partial charge in [0.25, 0.3) is 0 Å². The van der Waals surface area contributed by atoms with Crippen LogP contribution in [0, 0.1) is 0 Å². The third kappa shape index (κ3) is 3.60. The molecule has 0 saturated carbocycles. The van der Waals surface area contributed by atoms with E-state index in [9.17, 15) is 9.59 Å². The first-order valence-electron chi connectivity index (χ1n) is 10.4. The van der Waals surface area contributed by atoms with Crippen LogP contribution < -0.4 is 4.74 Å². The summed E-state index contributed by atoms with van der Waals surface area (Å²) in [4.78, 5) is 25.7. The van der Waals surface area contributed by atoms with Crippen molar-refractivity contribution in [2.75, 3.05) is 0 Å². The van der Waals surface area contributed by atoms with Gasteiger partial charge in [-0.05, 0) is 51.1 Å². The molecule has 0 bridgehead atoms. The van der Waals surface area contributed by atoms with E-state index in [2.05, 4.69) is 15.9 Å². The minimum absolute atomic E-state index is 0.0748. The fourth-order valence-corrected chi connectivity index (χ4v) is 4.49. The summed E-state index contributed by atoms with van der Waals surface area (Å²) in [6.45, 7) is 5.50. The van der Waals surface area contributed by atoms with Crippen LogP contribution in [0.2, 0.25) is 0 Å². The van der Waals surface area contributed by atoms with Gasteiger partial charge in [0.2, 0.25) is 0 Å². The van der Waals surface area contributed by atoms with Crippen LogP contribution in [0.15, 0.2) is 65.0 Å². The number of nitrogens with zero attached hydrogens (tertiary/aromatic N) is 1. The highest BCUT2D eigenvalue weighted by molar-refractivity contribution is 9.10. The first kappa shape index (κ1) is 20.8. The largest absolute Gasteiger partial charge is 0.493 e. The Bertz CT molecular complexity index is 1280. The zero-order valence-corrected chi connectivity index (χ0v) is 19.5. The van der Waals surface area contributed by atoms with Gasteiger partial charge in [-0.1, -0.05) is 28.1 Å². The molecular weight excluding hydrogens is 474 g/mol. The molecule has 0 unspecified atom stereocenters. The summed E-state index contributed by atoms with van der Waals surface area (Å²) in [5.41, 5.74) is 1.99. The number of halogens is 1. The number of rotatable bonds is 1. The molecule has 3 aromatic rings. The summed E-state index contributed by atoms with van der Waals surface area (Å²) in [6.07, 6.45) is 2.46. The van der Waals surface area contributed by atoms with Gasteiger partial charge in [-0.25, -0.2) is 4.79 Å². The first-order chi connectivity index (χ1) is 15.2. The third-order valence-electron chi connectivity index (χ3n) is 5.53. The van der Waals surface area contributed by atoms with Crippen LogP contribution >= 0.6 is 15.9 Å². The van der Waals surface area contributed by atoms with Crippen molar-refractivity contribution in [1.82, 2.24) is 4.57 Å². The Kier molecular flexibility index (Phi) is 4.89. The van der Waals surface area contributed by atoms with Crippen LogP contribution in [0.3, 0.4) is 0 Å². The second kappa shape index (κ2) is 7.52. The van der Waals surface area contributed by atoms with E-state index < -0.39 is 17.8 Å². The molecule has 2 aliphatic rings. The van der Waals surface area contributed by atoms with Crippen LogP contribution in [0.4, 0.5) is 4.79 Å². The lowest BCUT2D eigenvalue weighted by atomic mass is 9.89. The van der Waals surface area contributed by atoms with E-state index in [0.717, 1.165) is 20.9 Å². The molecule has 2 aliphatic heterocycles. The quantitative estimate of drug-likeness (QED) is 0.403. The molecule has 0 fully saturated rings. The molecular formula is C25H22BrNO5. The maximum atomic E-state index is 12.9. The Morgan fingerprint density at radius 1 is 1.16 bits per heavy atom. The van der Waals surface area contributed by atoms with E-state index in [1.807, 2.05) is 51.1 Å². The predicted molar refractivity (Wildman–Crippen MR) is 123 cm³/mol. The molecule has 32 heavy (non-hydrogen) atoms. The summed E-state index contributed by atoms with van der Waals surface area (Å²) < 4.78 is 20.1. The minimum atomic E-state index is -0.619.